The number of carbonyl (C=O) groups excluding carboxylic acids is 3. The number of aliphatic hydroxyl groups is 3. The lowest BCUT2D eigenvalue weighted by atomic mass is 9.41. The van der Waals surface area contributed by atoms with Gasteiger partial charge in [0, 0.05) is 35.2 Å². The van der Waals surface area contributed by atoms with E-state index >= 15 is 0 Å². The fourth-order valence-electron chi connectivity index (χ4n) is 9.97. The number of benzene rings is 1. The van der Waals surface area contributed by atoms with E-state index < -0.39 is 40.0 Å². The number of nitrogens with zero attached hydrogens (tertiary/aromatic N) is 2. The van der Waals surface area contributed by atoms with Crippen LogP contribution in [0.25, 0.3) is 0 Å². The van der Waals surface area contributed by atoms with Crippen molar-refractivity contribution in [2.45, 2.75) is 82.0 Å². The van der Waals surface area contributed by atoms with Crippen LogP contribution in [0.4, 0.5) is 5.69 Å². The van der Waals surface area contributed by atoms with Gasteiger partial charge in [-0.2, -0.15) is 5.10 Å². The average molecular weight is 632 g/mol. The van der Waals surface area contributed by atoms with Crippen molar-refractivity contribution in [1.29, 1.82) is 0 Å². The highest BCUT2D eigenvalue weighted by Crippen LogP contribution is 2.70. The Balaban J connectivity index is 1.15. The summed E-state index contributed by atoms with van der Waals surface area (Å²) in [4.78, 5) is 44.9. The van der Waals surface area contributed by atoms with Crippen molar-refractivity contribution in [3.8, 4) is 0 Å². The Bertz CT molecular complexity index is 1610. The number of cyclic esters (lactones) is 1. The van der Waals surface area contributed by atoms with Crippen LogP contribution in [-0.2, 0) is 9.53 Å². The summed E-state index contributed by atoms with van der Waals surface area (Å²) in [6, 6.07) is 8.86. The first-order valence-electron chi connectivity index (χ1n) is 16.2. The Morgan fingerprint density at radius 3 is 2.59 bits per heavy atom. The zero-order chi connectivity index (χ0) is 32.3. The molecule has 1 aliphatic heterocycles. The van der Waals surface area contributed by atoms with Gasteiger partial charge in [-0.1, -0.05) is 25.1 Å². The molecule has 0 saturated heterocycles. The lowest BCUT2D eigenvalue weighted by molar-refractivity contribution is -0.237. The zero-order valence-electron chi connectivity index (χ0n) is 25.9. The van der Waals surface area contributed by atoms with Crippen molar-refractivity contribution in [3.05, 3.63) is 59.7 Å². The fraction of sp³-hybridized carbons (Fsp3) is 0.559. The number of fused-ring (bicyclic) bond motifs is 5. The summed E-state index contributed by atoms with van der Waals surface area (Å²) in [5, 5.41) is 42.6. The molecule has 1 aromatic carbocycles. The van der Waals surface area contributed by atoms with Crippen LogP contribution in [-0.4, -0.2) is 73.2 Å². The normalized spacial score (nSPS) is 38.3. The van der Waals surface area contributed by atoms with Crippen molar-refractivity contribution in [2.24, 2.45) is 33.7 Å². The molecular formula is C34H41N5O7. The van der Waals surface area contributed by atoms with Gasteiger partial charge in [0.1, 0.15) is 12.3 Å². The number of hydrazone groups is 1. The Morgan fingerprint density at radius 2 is 1.83 bits per heavy atom. The molecule has 2 aromatic rings. The van der Waals surface area contributed by atoms with Crippen molar-refractivity contribution < 1.29 is 34.4 Å². The molecule has 5 aliphatic rings. The molecule has 244 valence electrons. The predicted molar refractivity (Wildman–Crippen MR) is 166 cm³/mol. The van der Waals surface area contributed by atoms with Crippen LogP contribution in [0.1, 0.15) is 85.7 Å². The maximum absolute atomic E-state index is 13.3. The Kier molecular flexibility index (Phi) is 7.45. The van der Waals surface area contributed by atoms with Gasteiger partial charge < -0.3 is 30.4 Å². The Labute approximate surface area is 266 Å². The van der Waals surface area contributed by atoms with Crippen molar-refractivity contribution in [1.82, 2.24) is 15.4 Å². The maximum atomic E-state index is 13.3. The number of anilines is 1. The molecule has 0 spiro atoms. The van der Waals surface area contributed by atoms with Crippen molar-refractivity contribution in [3.63, 3.8) is 0 Å². The highest BCUT2D eigenvalue weighted by Gasteiger charge is 2.71. The molecule has 8 unspecified atom stereocenters. The number of imidazole rings is 1. The van der Waals surface area contributed by atoms with E-state index in [1.54, 1.807) is 36.6 Å². The number of aromatic nitrogens is 2. The molecule has 2 amide bonds. The second-order valence-electron chi connectivity index (χ2n) is 14.2. The quantitative estimate of drug-likeness (QED) is 0.159. The molecule has 12 heteroatoms. The standard InChI is InChI=1S/C34H41N5O7/c1-31-11-8-24-25(34(31,45)14-10-23(31)20-15-26(41)46-17-20)9-13-33(44)16-22(40)7-12-32(24,33)18-37-39-30(43)28-27(35-19-36-28)29(42)38-21-5-3-2-4-6-21/h2-6,15,18-19,22-25,40,44-45H,7-14,16-17H2,1H3,(H,35,36)(H,38,42)(H,39,43). The molecule has 2 heterocycles. The third-order valence-electron chi connectivity index (χ3n) is 12.2. The molecule has 0 radical (unpaired) electrons. The number of nitrogens with one attached hydrogen (secondary N) is 3. The molecule has 8 atom stereocenters. The number of ether oxygens (including phenoxy) is 1. The van der Waals surface area contributed by atoms with Gasteiger partial charge in [0.15, 0.2) is 5.69 Å². The van der Waals surface area contributed by atoms with Crippen LogP contribution < -0.4 is 10.7 Å². The first-order chi connectivity index (χ1) is 22.0. The van der Waals surface area contributed by atoms with Gasteiger partial charge in [0.2, 0.25) is 0 Å². The Hall–Kier alpha value is -3.87. The summed E-state index contributed by atoms with van der Waals surface area (Å²) >= 11 is 0. The number of esters is 1. The molecule has 4 fully saturated rings. The molecule has 1 aromatic heterocycles. The molecule has 46 heavy (non-hydrogen) atoms. The molecule has 7 rings (SSSR count). The molecule has 6 N–H and O–H groups in total. The van der Waals surface area contributed by atoms with Gasteiger partial charge in [0.25, 0.3) is 11.8 Å². The van der Waals surface area contributed by atoms with Crippen LogP contribution in [0.5, 0.6) is 0 Å². The number of hydrogen-bond donors (Lipinski definition) is 6. The lowest BCUT2D eigenvalue weighted by Crippen LogP contribution is -2.68. The summed E-state index contributed by atoms with van der Waals surface area (Å²) in [5.74, 6) is -1.81. The topological polar surface area (TPSA) is 186 Å². The van der Waals surface area contributed by atoms with Crippen molar-refractivity contribution in [2.75, 3.05) is 11.9 Å². The summed E-state index contributed by atoms with van der Waals surface area (Å²) in [6.45, 7) is 2.40. The minimum atomic E-state index is -1.27. The number of aromatic amines is 1. The number of amides is 2. The minimum Gasteiger partial charge on any atom is -0.458 e. The van der Waals surface area contributed by atoms with Crippen LogP contribution in [0.2, 0.25) is 0 Å². The van der Waals surface area contributed by atoms with Crippen molar-refractivity contribution >= 4 is 29.7 Å². The molecule has 0 bridgehead atoms. The van der Waals surface area contributed by atoms with Crippen LogP contribution in [0, 0.1) is 28.6 Å². The van der Waals surface area contributed by atoms with Crippen LogP contribution in [0.3, 0.4) is 0 Å². The molecule has 4 aliphatic carbocycles. The van der Waals surface area contributed by atoms with Crippen LogP contribution >= 0.6 is 0 Å². The lowest BCUT2D eigenvalue weighted by Gasteiger charge is -2.65. The van der Waals surface area contributed by atoms with E-state index in [1.165, 1.54) is 6.33 Å². The minimum absolute atomic E-state index is 0.0150. The van der Waals surface area contributed by atoms with E-state index in [9.17, 15) is 29.7 Å². The number of para-hydroxylation sites is 1. The zero-order valence-corrected chi connectivity index (χ0v) is 25.9. The molecular weight excluding hydrogens is 590 g/mol. The second-order valence-corrected chi connectivity index (χ2v) is 14.2. The van der Waals surface area contributed by atoms with Gasteiger partial charge in [0.05, 0.1) is 23.6 Å². The smallest absolute Gasteiger partial charge is 0.331 e. The number of rotatable bonds is 6. The average Bonchev–Trinajstić information content (AvgIpc) is 3.75. The number of H-pyrrole nitrogens is 1. The summed E-state index contributed by atoms with van der Waals surface area (Å²) in [6.07, 6.45) is 8.62. The summed E-state index contributed by atoms with van der Waals surface area (Å²) in [7, 11) is 0. The van der Waals surface area contributed by atoms with Gasteiger partial charge >= 0.3 is 5.97 Å². The predicted octanol–water partition coefficient (Wildman–Crippen LogP) is 3.09. The third kappa shape index (κ3) is 4.64. The number of hydrogen-bond acceptors (Lipinski definition) is 9. The van der Waals surface area contributed by atoms with Gasteiger partial charge in [-0.15, -0.1) is 0 Å². The van der Waals surface area contributed by atoms with Gasteiger partial charge in [-0.05, 0) is 86.8 Å². The van der Waals surface area contributed by atoms with E-state index in [0.717, 1.165) is 12.0 Å². The SMILES string of the molecule is CC12CCC3C(CCC4(O)CC(O)CCC34C=NNC(=O)c3nc[nH]c3C(=O)Nc3ccccc3)C1(O)CCC2C1=CC(=O)OC1. The van der Waals surface area contributed by atoms with E-state index in [1.807, 2.05) is 6.07 Å². The van der Waals surface area contributed by atoms with Gasteiger partial charge in [-0.25, -0.2) is 15.2 Å². The Morgan fingerprint density at radius 1 is 1.04 bits per heavy atom. The third-order valence-corrected chi connectivity index (χ3v) is 12.2. The van der Waals surface area contributed by atoms with E-state index in [2.05, 4.69) is 32.7 Å². The highest BCUT2D eigenvalue weighted by atomic mass is 16.5. The first kappa shape index (κ1) is 30.8. The molecule has 4 saturated carbocycles. The van der Waals surface area contributed by atoms with E-state index in [0.29, 0.717) is 50.6 Å². The van der Waals surface area contributed by atoms with E-state index in [-0.39, 0.29) is 48.1 Å². The van der Waals surface area contributed by atoms with Gasteiger partial charge in [-0.3, -0.25) is 9.59 Å². The summed E-state index contributed by atoms with van der Waals surface area (Å²) in [5.41, 5.74) is 0.255. The number of carbonyl (C=O) groups is 3. The second kappa shape index (κ2) is 11.1. The molecule has 12 nitrogen and oxygen atoms in total. The van der Waals surface area contributed by atoms with Crippen LogP contribution in [0.15, 0.2) is 53.4 Å². The maximum Gasteiger partial charge on any atom is 0.331 e. The monoisotopic (exact) mass is 631 g/mol. The van der Waals surface area contributed by atoms with E-state index in [4.69, 9.17) is 4.74 Å². The highest BCUT2D eigenvalue weighted by molar-refractivity contribution is 6.10. The fourth-order valence-corrected chi connectivity index (χ4v) is 9.97. The largest absolute Gasteiger partial charge is 0.458 e. The first-order valence-corrected chi connectivity index (χ1v) is 16.2. The number of aliphatic hydroxyl groups excluding tert-OH is 1. The summed E-state index contributed by atoms with van der Waals surface area (Å²) < 4.78 is 5.24.